The lowest BCUT2D eigenvalue weighted by molar-refractivity contribution is -0.639. The number of Topliss-reactive ketones (excluding diaryl/α,β-unsaturated/α-hetero) is 1. The normalized spacial score (nSPS) is 9.89. The lowest BCUT2D eigenvalue weighted by Crippen LogP contribution is -3.00. The second-order valence-electron chi connectivity index (χ2n) is 3.44. The Labute approximate surface area is 107 Å². The topological polar surface area (TPSA) is 64.8 Å². The quantitative estimate of drug-likeness (QED) is 0.370. The third-order valence-corrected chi connectivity index (χ3v) is 2.14. The maximum Gasteiger partial charge on any atom is 0.286 e. The summed E-state index contributed by atoms with van der Waals surface area (Å²) in [5.74, 6) is 3.22. The first-order chi connectivity index (χ1) is 8.06. The van der Waals surface area contributed by atoms with Crippen molar-refractivity contribution in [2.75, 3.05) is 5.84 Å². The summed E-state index contributed by atoms with van der Waals surface area (Å²) in [5, 5.41) is 3.77. The molecule has 0 saturated carbocycles. The summed E-state index contributed by atoms with van der Waals surface area (Å²) in [6.45, 7) is -0.160. The molecule has 1 aromatic carbocycles. The van der Waals surface area contributed by atoms with Gasteiger partial charge in [0.2, 0.25) is 12.1 Å². The van der Waals surface area contributed by atoms with Gasteiger partial charge in [-0.1, -0.05) is 0 Å². The summed E-state index contributed by atoms with van der Waals surface area (Å²) < 4.78 is 28.4. The van der Waals surface area contributed by atoms with E-state index in [0.29, 0.717) is 6.07 Å². The molecule has 0 saturated heterocycles. The van der Waals surface area contributed by atoms with Crippen LogP contribution in [0.2, 0.25) is 0 Å². The minimum Gasteiger partial charge on any atom is -1.00 e. The van der Waals surface area contributed by atoms with E-state index in [2.05, 4.69) is 5.10 Å². The van der Waals surface area contributed by atoms with Gasteiger partial charge in [0.25, 0.3) is 6.33 Å². The van der Waals surface area contributed by atoms with Gasteiger partial charge in [-0.3, -0.25) is 10.6 Å². The van der Waals surface area contributed by atoms with E-state index in [9.17, 15) is 13.6 Å². The van der Waals surface area contributed by atoms with Crippen LogP contribution in [0.3, 0.4) is 0 Å². The van der Waals surface area contributed by atoms with Gasteiger partial charge in [-0.25, -0.2) is 8.78 Å². The lowest BCUT2D eigenvalue weighted by Gasteiger charge is -1.99. The summed E-state index contributed by atoms with van der Waals surface area (Å²) in [4.78, 5) is 11.7. The summed E-state index contributed by atoms with van der Waals surface area (Å²) in [6.07, 6.45) is 2.67. The van der Waals surface area contributed by atoms with Gasteiger partial charge >= 0.3 is 0 Å². The van der Waals surface area contributed by atoms with Crippen LogP contribution in [0.25, 0.3) is 0 Å². The molecule has 5 nitrogen and oxygen atoms in total. The first-order valence-corrected chi connectivity index (χ1v) is 4.73. The molecule has 0 aliphatic heterocycles. The van der Waals surface area contributed by atoms with E-state index in [-0.39, 0.29) is 24.5 Å². The van der Waals surface area contributed by atoms with Gasteiger partial charge < -0.3 is 12.4 Å². The highest BCUT2D eigenvalue weighted by molar-refractivity contribution is 5.96. The first kappa shape index (κ1) is 14.0. The molecule has 96 valence electrons. The van der Waals surface area contributed by atoms with Crippen LogP contribution in [0, 0.1) is 11.6 Å². The fourth-order valence-electron chi connectivity index (χ4n) is 1.37. The molecule has 0 radical (unpaired) electrons. The molecule has 0 spiro atoms. The minimum absolute atomic E-state index is 0. The number of nitrogen functional groups attached to an aromatic ring is 1. The van der Waals surface area contributed by atoms with Gasteiger partial charge in [0.1, 0.15) is 11.6 Å². The molecule has 0 aliphatic carbocycles. The van der Waals surface area contributed by atoms with Crippen molar-refractivity contribution in [3.63, 3.8) is 0 Å². The van der Waals surface area contributed by atoms with Crippen LogP contribution >= 0.6 is 0 Å². The van der Waals surface area contributed by atoms with E-state index in [4.69, 9.17) is 5.84 Å². The molecule has 0 amide bonds. The lowest BCUT2D eigenvalue weighted by atomic mass is 10.1. The molecule has 8 heteroatoms. The predicted octanol–water partition coefficient (Wildman–Crippen LogP) is -2.95. The Bertz CT molecular complexity index is 573. The number of carbonyl (C=O) groups is 1. The van der Waals surface area contributed by atoms with Gasteiger partial charge in [0.15, 0.2) is 6.54 Å². The fraction of sp³-hybridized carbons (Fsp3) is 0.100. The zero-order chi connectivity index (χ0) is 12.4. The number of ketones is 1. The van der Waals surface area contributed by atoms with Crippen molar-refractivity contribution in [3.8, 4) is 0 Å². The maximum atomic E-state index is 13.3. The molecule has 0 bridgehead atoms. The Kier molecular flexibility index (Phi) is 4.33. The van der Waals surface area contributed by atoms with Crippen molar-refractivity contribution in [1.29, 1.82) is 0 Å². The van der Waals surface area contributed by atoms with Gasteiger partial charge in [0, 0.05) is 11.2 Å². The number of nitrogens with zero attached hydrogens (tertiary/aromatic N) is 3. The maximum absolute atomic E-state index is 13.3. The standard InChI is InChI=1S/C10H9F2N4O.ClH/c11-7-1-2-8(9(12)3-7)10(17)4-16-6-15(13)5-14-16;/h1-3,5-6H,4,13H2;1H/q+1;/p-1. The van der Waals surface area contributed by atoms with Crippen LogP contribution in [0.5, 0.6) is 0 Å². The molecular weight excluding hydrogens is 266 g/mol. The molecule has 0 atom stereocenters. The molecule has 1 aromatic heterocycles. The molecular formula is C10H9ClF2N4O. The van der Waals surface area contributed by atoms with Crippen molar-refractivity contribution in [2.45, 2.75) is 6.54 Å². The van der Waals surface area contributed by atoms with Crippen LogP contribution in [-0.2, 0) is 6.54 Å². The van der Waals surface area contributed by atoms with Gasteiger partial charge in [-0.05, 0) is 12.1 Å². The number of nitrogens with two attached hydrogens (primary N) is 1. The number of hydrogen-bond acceptors (Lipinski definition) is 3. The number of aromatic nitrogens is 3. The van der Waals surface area contributed by atoms with Crippen molar-refractivity contribution in [2.24, 2.45) is 0 Å². The summed E-state index contributed by atoms with van der Waals surface area (Å²) in [5.41, 5.74) is -0.175. The van der Waals surface area contributed by atoms with E-state index in [1.54, 1.807) is 0 Å². The van der Waals surface area contributed by atoms with Crippen molar-refractivity contribution in [1.82, 2.24) is 9.78 Å². The largest absolute Gasteiger partial charge is 1.00 e. The highest BCUT2D eigenvalue weighted by atomic mass is 35.5. The van der Waals surface area contributed by atoms with E-state index in [0.717, 1.165) is 16.8 Å². The Morgan fingerprint density at radius 1 is 1.44 bits per heavy atom. The average Bonchev–Trinajstić information content (AvgIpc) is 2.63. The Morgan fingerprint density at radius 3 is 2.72 bits per heavy atom. The van der Waals surface area contributed by atoms with Crippen LogP contribution in [0.4, 0.5) is 8.78 Å². The smallest absolute Gasteiger partial charge is 0.286 e. The van der Waals surface area contributed by atoms with E-state index in [1.807, 2.05) is 0 Å². The average molecular weight is 275 g/mol. The number of hydrogen-bond donors (Lipinski definition) is 1. The van der Waals surface area contributed by atoms with Gasteiger partial charge in [-0.2, -0.15) is 0 Å². The van der Waals surface area contributed by atoms with Crippen LogP contribution in [0.1, 0.15) is 10.4 Å². The highest BCUT2D eigenvalue weighted by Crippen LogP contribution is 2.10. The zero-order valence-electron chi connectivity index (χ0n) is 9.05. The van der Waals surface area contributed by atoms with Crippen LogP contribution < -0.4 is 22.9 Å². The summed E-state index contributed by atoms with van der Waals surface area (Å²) in [7, 11) is 0. The van der Waals surface area contributed by atoms with E-state index < -0.39 is 17.4 Å². The number of rotatable bonds is 3. The predicted molar refractivity (Wildman–Crippen MR) is 53.3 cm³/mol. The molecule has 0 unspecified atom stereocenters. The molecule has 2 N–H and O–H groups in total. The summed E-state index contributed by atoms with van der Waals surface area (Å²) >= 11 is 0. The zero-order valence-corrected chi connectivity index (χ0v) is 9.81. The number of carbonyl (C=O) groups excluding carboxylic acids is 1. The Hall–Kier alpha value is -2.02. The number of benzene rings is 1. The van der Waals surface area contributed by atoms with Crippen molar-refractivity contribution >= 4 is 5.78 Å². The third-order valence-electron chi connectivity index (χ3n) is 2.14. The van der Waals surface area contributed by atoms with Crippen molar-refractivity contribution in [3.05, 3.63) is 48.1 Å². The van der Waals surface area contributed by atoms with Crippen LogP contribution in [0.15, 0.2) is 30.9 Å². The Morgan fingerprint density at radius 2 is 2.17 bits per heavy atom. The highest BCUT2D eigenvalue weighted by Gasteiger charge is 2.16. The summed E-state index contributed by atoms with van der Waals surface area (Å²) in [6, 6.07) is 2.80. The van der Waals surface area contributed by atoms with Crippen LogP contribution in [-0.4, -0.2) is 15.6 Å². The SMILES string of the molecule is N[n+]1cnn(CC(=O)c2ccc(F)cc2F)c1.[Cl-]. The monoisotopic (exact) mass is 274 g/mol. The fourth-order valence-corrected chi connectivity index (χ4v) is 1.37. The molecule has 2 rings (SSSR count). The third kappa shape index (κ3) is 3.01. The molecule has 2 aromatic rings. The molecule has 18 heavy (non-hydrogen) atoms. The first-order valence-electron chi connectivity index (χ1n) is 4.73. The van der Waals surface area contributed by atoms with Gasteiger partial charge in [-0.15, -0.1) is 9.36 Å². The minimum atomic E-state index is -0.886. The second kappa shape index (κ2) is 5.54. The number of halogens is 3. The van der Waals surface area contributed by atoms with Gasteiger partial charge in [0.05, 0.1) is 5.56 Å². The van der Waals surface area contributed by atoms with E-state index in [1.165, 1.54) is 17.3 Å². The van der Waals surface area contributed by atoms with Crippen molar-refractivity contribution < 1.29 is 30.7 Å². The molecule has 1 heterocycles. The molecule has 0 fully saturated rings. The second-order valence-corrected chi connectivity index (χ2v) is 3.44. The Balaban J connectivity index is 0.00000162. The van der Waals surface area contributed by atoms with E-state index >= 15 is 0 Å². The molecule has 0 aliphatic rings.